The van der Waals surface area contributed by atoms with Crippen molar-refractivity contribution < 1.29 is 16.8 Å². The van der Waals surface area contributed by atoms with Crippen LogP contribution in [0.4, 0.5) is 5.69 Å². The molecule has 0 bridgehead atoms. The minimum absolute atomic E-state index is 0.0784. The highest BCUT2D eigenvalue weighted by Crippen LogP contribution is 2.31. The summed E-state index contributed by atoms with van der Waals surface area (Å²) in [4.78, 5) is -0.281. The third kappa shape index (κ3) is 4.01. The molecule has 1 aliphatic rings. The van der Waals surface area contributed by atoms with Crippen LogP contribution in [0.1, 0.15) is 12.8 Å². The van der Waals surface area contributed by atoms with E-state index in [-0.39, 0.29) is 32.1 Å². The first-order chi connectivity index (χ1) is 9.61. The first kappa shape index (κ1) is 16.8. The van der Waals surface area contributed by atoms with Crippen molar-refractivity contribution in [3.05, 3.63) is 22.2 Å². The standard InChI is InChI=1S/C11H14Cl2N2O4S2/c12-7-4-9(13)11(10(14)5-7)21(18,19)15-8-2-1-3-20(16,17)6-8/h4-5,8,15H,1-3,6,14H2. The van der Waals surface area contributed by atoms with E-state index < -0.39 is 25.9 Å². The highest BCUT2D eigenvalue weighted by Gasteiger charge is 2.30. The van der Waals surface area contributed by atoms with E-state index in [9.17, 15) is 16.8 Å². The average molecular weight is 373 g/mol. The number of sulfone groups is 1. The predicted molar refractivity (Wildman–Crippen MR) is 82.9 cm³/mol. The Morgan fingerprint density at radius 3 is 2.52 bits per heavy atom. The van der Waals surface area contributed by atoms with Gasteiger partial charge in [0.1, 0.15) is 4.90 Å². The number of nitrogens with one attached hydrogen (secondary N) is 1. The molecule has 2 rings (SSSR count). The summed E-state index contributed by atoms with van der Waals surface area (Å²) in [5.74, 6) is -0.146. The molecule has 1 fully saturated rings. The molecule has 0 spiro atoms. The molecule has 0 radical (unpaired) electrons. The number of hydrogen-bond acceptors (Lipinski definition) is 5. The van der Waals surface area contributed by atoms with Crippen molar-refractivity contribution in [2.75, 3.05) is 17.2 Å². The Bertz CT molecular complexity index is 739. The van der Waals surface area contributed by atoms with Gasteiger partial charge in [-0.2, -0.15) is 0 Å². The maximum Gasteiger partial charge on any atom is 0.244 e. The Labute approximate surface area is 133 Å². The first-order valence-corrected chi connectivity index (χ1v) is 10.1. The molecule has 3 N–H and O–H groups in total. The lowest BCUT2D eigenvalue weighted by atomic mass is 10.2. The molecule has 1 saturated heterocycles. The first-order valence-electron chi connectivity index (χ1n) is 6.08. The maximum atomic E-state index is 12.4. The van der Waals surface area contributed by atoms with Gasteiger partial charge in [0, 0.05) is 11.1 Å². The minimum atomic E-state index is -4.02. The smallest absolute Gasteiger partial charge is 0.244 e. The van der Waals surface area contributed by atoms with Crippen molar-refractivity contribution in [3.63, 3.8) is 0 Å². The third-order valence-electron chi connectivity index (χ3n) is 3.09. The van der Waals surface area contributed by atoms with Crippen molar-refractivity contribution in [1.82, 2.24) is 4.72 Å². The number of sulfonamides is 1. The zero-order valence-electron chi connectivity index (χ0n) is 10.8. The molecule has 1 unspecified atom stereocenters. The molecule has 21 heavy (non-hydrogen) atoms. The van der Waals surface area contributed by atoms with Crippen LogP contribution in [0.25, 0.3) is 0 Å². The zero-order chi connectivity index (χ0) is 15.8. The Morgan fingerprint density at radius 2 is 1.95 bits per heavy atom. The minimum Gasteiger partial charge on any atom is -0.398 e. The number of nitrogens with two attached hydrogens (primary N) is 1. The normalized spacial score (nSPS) is 22.1. The summed E-state index contributed by atoms with van der Waals surface area (Å²) >= 11 is 11.6. The van der Waals surface area contributed by atoms with E-state index in [0.29, 0.717) is 12.8 Å². The molecule has 0 amide bonds. The molecule has 10 heteroatoms. The Balaban J connectivity index is 2.31. The van der Waals surface area contributed by atoms with Crippen molar-refractivity contribution >= 4 is 48.7 Å². The SMILES string of the molecule is Nc1cc(Cl)cc(Cl)c1S(=O)(=O)NC1CCCS(=O)(=O)C1. The van der Waals surface area contributed by atoms with Gasteiger partial charge in [-0.05, 0) is 25.0 Å². The Hall–Kier alpha value is -0.540. The lowest BCUT2D eigenvalue weighted by Gasteiger charge is -2.23. The fourth-order valence-electron chi connectivity index (χ4n) is 2.26. The van der Waals surface area contributed by atoms with Gasteiger partial charge in [0.2, 0.25) is 10.0 Å². The molecular formula is C11H14Cl2N2O4S2. The monoisotopic (exact) mass is 372 g/mol. The van der Waals surface area contributed by atoms with Gasteiger partial charge in [-0.3, -0.25) is 0 Å². The Kier molecular flexibility index (Phi) is 4.75. The van der Waals surface area contributed by atoms with Crippen molar-refractivity contribution in [2.24, 2.45) is 0 Å². The summed E-state index contributed by atoms with van der Waals surface area (Å²) < 4.78 is 50.2. The van der Waals surface area contributed by atoms with Crippen LogP contribution < -0.4 is 10.5 Å². The van der Waals surface area contributed by atoms with E-state index >= 15 is 0 Å². The van der Waals surface area contributed by atoms with Gasteiger partial charge in [-0.1, -0.05) is 23.2 Å². The molecule has 0 saturated carbocycles. The summed E-state index contributed by atoms with van der Waals surface area (Å²) in [6.07, 6.45) is 0.864. The van der Waals surface area contributed by atoms with Crippen LogP contribution in [0.15, 0.2) is 17.0 Å². The lowest BCUT2D eigenvalue weighted by Crippen LogP contribution is -2.43. The van der Waals surface area contributed by atoms with Crippen LogP contribution in [0.5, 0.6) is 0 Å². The van der Waals surface area contributed by atoms with Crippen LogP contribution in [-0.2, 0) is 19.9 Å². The van der Waals surface area contributed by atoms with Gasteiger partial charge >= 0.3 is 0 Å². The van der Waals surface area contributed by atoms with Gasteiger partial charge in [0.25, 0.3) is 0 Å². The topological polar surface area (TPSA) is 106 Å². The largest absolute Gasteiger partial charge is 0.398 e. The maximum absolute atomic E-state index is 12.4. The summed E-state index contributed by atoms with van der Waals surface area (Å²) in [7, 11) is -7.24. The molecule has 1 atom stereocenters. The highest BCUT2D eigenvalue weighted by molar-refractivity contribution is 7.91. The van der Waals surface area contributed by atoms with Gasteiger partial charge in [0.05, 0.1) is 22.2 Å². The van der Waals surface area contributed by atoms with Gasteiger partial charge in [-0.25, -0.2) is 21.6 Å². The van der Waals surface area contributed by atoms with Crippen molar-refractivity contribution in [2.45, 2.75) is 23.8 Å². The summed E-state index contributed by atoms with van der Waals surface area (Å²) in [5.41, 5.74) is 5.58. The third-order valence-corrected chi connectivity index (χ3v) is 7.18. The summed E-state index contributed by atoms with van der Waals surface area (Å²) in [5, 5.41) is 0.114. The quantitative estimate of drug-likeness (QED) is 0.780. The van der Waals surface area contributed by atoms with E-state index in [1.807, 2.05) is 0 Å². The van der Waals surface area contributed by atoms with E-state index in [4.69, 9.17) is 28.9 Å². The van der Waals surface area contributed by atoms with Crippen LogP contribution in [0.2, 0.25) is 10.0 Å². The van der Waals surface area contributed by atoms with Crippen LogP contribution in [-0.4, -0.2) is 34.4 Å². The fourth-order valence-corrected chi connectivity index (χ4v) is 6.26. The molecule has 6 nitrogen and oxygen atoms in total. The van der Waals surface area contributed by atoms with E-state index in [1.54, 1.807) is 0 Å². The highest BCUT2D eigenvalue weighted by atomic mass is 35.5. The van der Waals surface area contributed by atoms with Crippen LogP contribution in [0.3, 0.4) is 0 Å². The van der Waals surface area contributed by atoms with Crippen molar-refractivity contribution in [3.8, 4) is 0 Å². The molecule has 0 aliphatic carbocycles. The Morgan fingerprint density at radius 1 is 1.29 bits per heavy atom. The van der Waals surface area contributed by atoms with E-state index in [0.717, 1.165) is 0 Å². The van der Waals surface area contributed by atoms with Crippen LogP contribution >= 0.6 is 23.2 Å². The summed E-state index contributed by atoms with van der Waals surface area (Å²) in [6.45, 7) is 0. The van der Waals surface area contributed by atoms with Gasteiger partial charge in [-0.15, -0.1) is 0 Å². The fraction of sp³-hybridized carbons (Fsp3) is 0.455. The zero-order valence-corrected chi connectivity index (χ0v) is 14.0. The molecule has 1 aromatic rings. The average Bonchev–Trinajstić information content (AvgIpc) is 2.23. The second-order valence-corrected chi connectivity index (χ2v) is 9.60. The second kappa shape index (κ2) is 5.92. The molecule has 118 valence electrons. The molecule has 1 aromatic carbocycles. The van der Waals surface area contributed by atoms with Gasteiger partial charge in [0.15, 0.2) is 9.84 Å². The molecule has 1 aliphatic heterocycles. The lowest BCUT2D eigenvalue weighted by molar-refractivity contribution is 0.517. The number of halogens is 2. The van der Waals surface area contributed by atoms with Crippen LogP contribution in [0, 0.1) is 0 Å². The predicted octanol–water partition coefficient (Wildman–Crippen LogP) is 1.43. The molecule has 0 aromatic heterocycles. The molecular weight excluding hydrogens is 359 g/mol. The summed E-state index contributed by atoms with van der Waals surface area (Å²) in [6, 6.07) is 1.87. The number of rotatable bonds is 3. The number of benzene rings is 1. The van der Waals surface area contributed by atoms with Crippen molar-refractivity contribution in [1.29, 1.82) is 0 Å². The van der Waals surface area contributed by atoms with E-state index in [2.05, 4.69) is 4.72 Å². The second-order valence-electron chi connectivity index (χ2n) is 4.88. The number of hydrogen-bond donors (Lipinski definition) is 2. The van der Waals surface area contributed by atoms with Gasteiger partial charge < -0.3 is 5.73 Å². The number of anilines is 1. The van der Waals surface area contributed by atoms with E-state index in [1.165, 1.54) is 12.1 Å². The molecule has 1 heterocycles. The number of nitrogen functional groups attached to an aromatic ring is 1.